The monoisotopic (exact) mass is 374 g/mol. The molecule has 3 rings (SSSR count). The largest absolute Gasteiger partial charge is 0.357 e. The SMILES string of the molecule is Cc1cc(CNC(=S)Nc2ccn(Cc3ccc(Cl)cc3)n2)n(C)n1. The first-order valence-electron chi connectivity index (χ1n) is 7.82. The average molecular weight is 375 g/mol. The number of benzene rings is 1. The summed E-state index contributed by atoms with van der Waals surface area (Å²) < 4.78 is 3.68. The van der Waals surface area contributed by atoms with Gasteiger partial charge in [-0.25, -0.2) is 0 Å². The van der Waals surface area contributed by atoms with Crippen LogP contribution in [0.2, 0.25) is 5.02 Å². The number of anilines is 1. The summed E-state index contributed by atoms with van der Waals surface area (Å²) in [4.78, 5) is 0. The van der Waals surface area contributed by atoms with Crippen molar-refractivity contribution in [3.8, 4) is 0 Å². The molecule has 0 atom stereocenters. The van der Waals surface area contributed by atoms with Crippen LogP contribution in [0, 0.1) is 6.92 Å². The van der Waals surface area contributed by atoms with Gasteiger partial charge in [-0.1, -0.05) is 23.7 Å². The lowest BCUT2D eigenvalue weighted by Gasteiger charge is -2.08. The van der Waals surface area contributed by atoms with Gasteiger partial charge in [0.25, 0.3) is 0 Å². The van der Waals surface area contributed by atoms with Crippen molar-refractivity contribution in [3.05, 3.63) is 64.6 Å². The zero-order chi connectivity index (χ0) is 17.8. The standard InChI is InChI=1S/C17H19ClN6S/c1-12-9-15(23(2)21-12)10-19-17(25)20-16-7-8-24(22-16)11-13-3-5-14(18)6-4-13/h3-9H,10-11H2,1-2H3,(H2,19,20,22,25). The minimum atomic E-state index is 0.524. The van der Waals surface area contributed by atoms with Gasteiger partial charge in [-0.15, -0.1) is 0 Å². The molecule has 2 aromatic heterocycles. The first kappa shape index (κ1) is 17.4. The van der Waals surface area contributed by atoms with E-state index in [0.29, 0.717) is 24.0 Å². The van der Waals surface area contributed by atoms with Gasteiger partial charge in [-0.3, -0.25) is 9.36 Å². The third-order valence-corrected chi connectivity index (χ3v) is 4.17. The predicted molar refractivity (Wildman–Crippen MR) is 104 cm³/mol. The van der Waals surface area contributed by atoms with E-state index < -0.39 is 0 Å². The van der Waals surface area contributed by atoms with Gasteiger partial charge in [-0.05, 0) is 42.9 Å². The maximum absolute atomic E-state index is 5.90. The number of nitrogens with one attached hydrogen (secondary N) is 2. The van der Waals surface area contributed by atoms with E-state index in [0.717, 1.165) is 22.0 Å². The quantitative estimate of drug-likeness (QED) is 0.672. The first-order chi connectivity index (χ1) is 12.0. The smallest absolute Gasteiger partial charge is 0.172 e. The molecule has 0 bridgehead atoms. The van der Waals surface area contributed by atoms with Gasteiger partial charge in [0, 0.05) is 24.3 Å². The highest BCUT2D eigenvalue weighted by Gasteiger charge is 2.05. The Hall–Kier alpha value is -2.38. The summed E-state index contributed by atoms with van der Waals surface area (Å²) in [7, 11) is 1.92. The van der Waals surface area contributed by atoms with Crippen molar-refractivity contribution in [1.82, 2.24) is 24.9 Å². The molecule has 0 aliphatic heterocycles. The second-order valence-electron chi connectivity index (χ2n) is 5.73. The second kappa shape index (κ2) is 7.67. The maximum Gasteiger partial charge on any atom is 0.172 e. The number of aromatic nitrogens is 4. The van der Waals surface area contributed by atoms with E-state index in [1.807, 2.05) is 65.9 Å². The summed E-state index contributed by atoms with van der Waals surface area (Å²) in [6, 6.07) is 11.6. The molecule has 6 nitrogen and oxygen atoms in total. The summed E-state index contributed by atoms with van der Waals surface area (Å²) in [6.45, 7) is 3.25. The topological polar surface area (TPSA) is 59.7 Å². The number of rotatable bonds is 5. The zero-order valence-corrected chi connectivity index (χ0v) is 15.6. The third-order valence-electron chi connectivity index (χ3n) is 3.67. The number of aryl methyl sites for hydroxylation is 2. The van der Waals surface area contributed by atoms with Crippen molar-refractivity contribution in [2.45, 2.75) is 20.0 Å². The molecule has 25 heavy (non-hydrogen) atoms. The van der Waals surface area contributed by atoms with E-state index in [1.165, 1.54) is 0 Å². The van der Waals surface area contributed by atoms with Crippen LogP contribution >= 0.6 is 23.8 Å². The first-order valence-corrected chi connectivity index (χ1v) is 8.60. The summed E-state index contributed by atoms with van der Waals surface area (Å²) in [5, 5.41) is 16.3. The Morgan fingerprint density at radius 2 is 1.96 bits per heavy atom. The molecule has 3 aromatic rings. The van der Waals surface area contributed by atoms with E-state index in [2.05, 4.69) is 20.8 Å². The van der Waals surface area contributed by atoms with Gasteiger partial charge in [0.2, 0.25) is 0 Å². The number of hydrogen-bond acceptors (Lipinski definition) is 3. The van der Waals surface area contributed by atoms with Crippen LogP contribution in [0.15, 0.2) is 42.6 Å². The zero-order valence-electron chi connectivity index (χ0n) is 14.0. The Kier molecular flexibility index (Phi) is 5.35. The Morgan fingerprint density at radius 3 is 2.64 bits per heavy atom. The molecular weight excluding hydrogens is 356 g/mol. The molecule has 2 N–H and O–H groups in total. The Labute approximate surface area is 156 Å². The van der Waals surface area contributed by atoms with Gasteiger partial charge in [0.05, 0.1) is 24.5 Å². The van der Waals surface area contributed by atoms with Crippen molar-refractivity contribution in [1.29, 1.82) is 0 Å². The summed E-state index contributed by atoms with van der Waals surface area (Å²) >= 11 is 11.2. The highest BCUT2D eigenvalue weighted by molar-refractivity contribution is 7.80. The van der Waals surface area contributed by atoms with Gasteiger partial charge in [0.15, 0.2) is 10.9 Å². The van der Waals surface area contributed by atoms with Crippen molar-refractivity contribution < 1.29 is 0 Å². The normalized spacial score (nSPS) is 10.7. The molecule has 0 aliphatic rings. The lowest BCUT2D eigenvalue weighted by Crippen LogP contribution is -2.28. The number of thiocarbonyl (C=S) groups is 1. The minimum absolute atomic E-state index is 0.524. The molecule has 0 spiro atoms. The van der Waals surface area contributed by atoms with Crippen LogP contribution in [-0.4, -0.2) is 24.7 Å². The lowest BCUT2D eigenvalue weighted by molar-refractivity contribution is 0.686. The second-order valence-corrected chi connectivity index (χ2v) is 6.58. The summed E-state index contributed by atoms with van der Waals surface area (Å²) in [5.74, 6) is 0.702. The predicted octanol–water partition coefficient (Wildman–Crippen LogP) is 3.11. The van der Waals surface area contributed by atoms with Gasteiger partial charge in [-0.2, -0.15) is 10.2 Å². The fraction of sp³-hybridized carbons (Fsp3) is 0.235. The van der Waals surface area contributed by atoms with Gasteiger partial charge < -0.3 is 10.6 Å². The fourth-order valence-corrected chi connectivity index (χ4v) is 2.76. The number of halogens is 1. The van der Waals surface area contributed by atoms with Crippen LogP contribution < -0.4 is 10.6 Å². The van der Waals surface area contributed by atoms with Crippen LogP contribution in [0.4, 0.5) is 5.82 Å². The maximum atomic E-state index is 5.90. The molecule has 0 saturated heterocycles. The van der Waals surface area contributed by atoms with Crippen LogP contribution in [-0.2, 0) is 20.1 Å². The molecule has 1 aromatic carbocycles. The molecule has 130 valence electrons. The minimum Gasteiger partial charge on any atom is -0.357 e. The van der Waals surface area contributed by atoms with E-state index in [9.17, 15) is 0 Å². The average Bonchev–Trinajstić information content (AvgIpc) is 3.13. The molecule has 0 saturated carbocycles. The summed E-state index contributed by atoms with van der Waals surface area (Å²) in [5.41, 5.74) is 3.18. The molecule has 2 heterocycles. The van der Waals surface area contributed by atoms with Gasteiger partial charge in [0.1, 0.15) is 0 Å². The highest BCUT2D eigenvalue weighted by Crippen LogP contribution is 2.11. The van der Waals surface area contributed by atoms with Crippen LogP contribution in [0.5, 0.6) is 0 Å². The Morgan fingerprint density at radius 1 is 1.20 bits per heavy atom. The molecule has 0 fully saturated rings. The van der Waals surface area contributed by atoms with Crippen LogP contribution in [0.3, 0.4) is 0 Å². The van der Waals surface area contributed by atoms with Crippen LogP contribution in [0.1, 0.15) is 17.0 Å². The number of nitrogens with zero attached hydrogens (tertiary/aromatic N) is 4. The van der Waals surface area contributed by atoms with Crippen LogP contribution in [0.25, 0.3) is 0 Å². The highest BCUT2D eigenvalue weighted by atomic mass is 35.5. The molecule has 0 amide bonds. The fourth-order valence-electron chi connectivity index (χ4n) is 2.45. The van der Waals surface area contributed by atoms with Gasteiger partial charge >= 0.3 is 0 Å². The number of hydrogen-bond donors (Lipinski definition) is 2. The Balaban J connectivity index is 1.53. The Bertz CT molecular complexity index is 868. The molecular formula is C17H19ClN6S. The molecule has 8 heteroatoms. The third kappa shape index (κ3) is 4.80. The van der Waals surface area contributed by atoms with E-state index in [4.69, 9.17) is 23.8 Å². The van der Waals surface area contributed by atoms with Crippen molar-refractivity contribution in [3.63, 3.8) is 0 Å². The molecule has 0 aliphatic carbocycles. The van der Waals surface area contributed by atoms with E-state index >= 15 is 0 Å². The van der Waals surface area contributed by atoms with Crippen molar-refractivity contribution in [2.75, 3.05) is 5.32 Å². The molecule has 0 radical (unpaired) electrons. The van der Waals surface area contributed by atoms with Crippen molar-refractivity contribution in [2.24, 2.45) is 7.05 Å². The van der Waals surface area contributed by atoms with E-state index in [-0.39, 0.29) is 0 Å². The van der Waals surface area contributed by atoms with E-state index in [1.54, 1.807) is 0 Å². The lowest BCUT2D eigenvalue weighted by atomic mass is 10.2. The molecule has 0 unspecified atom stereocenters. The summed E-state index contributed by atoms with van der Waals surface area (Å²) in [6.07, 6.45) is 1.91. The van der Waals surface area contributed by atoms with Crippen molar-refractivity contribution >= 4 is 34.7 Å².